The summed E-state index contributed by atoms with van der Waals surface area (Å²) in [5.74, 6) is 2.39. The molecule has 0 spiro atoms. The van der Waals surface area contributed by atoms with Crippen LogP contribution in [0.25, 0.3) is 33.4 Å². The van der Waals surface area contributed by atoms with E-state index in [9.17, 15) is 0 Å². The van der Waals surface area contributed by atoms with Crippen molar-refractivity contribution in [1.82, 2.24) is 15.0 Å². The fraction of sp³-hybridized carbons (Fsp3) is 0.455. The summed E-state index contributed by atoms with van der Waals surface area (Å²) in [6.45, 7) is 24.2. The molecule has 4 aromatic rings. The lowest BCUT2D eigenvalue weighted by Gasteiger charge is -2.23. The van der Waals surface area contributed by atoms with Gasteiger partial charge in [-0.3, -0.25) is 0 Å². The Bertz CT molecular complexity index is 1460. The number of hydrogen-bond acceptors (Lipinski definition) is 3. The third-order valence-corrected chi connectivity index (χ3v) is 7.16. The second kappa shape index (κ2) is 9.01. The van der Waals surface area contributed by atoms with E-state index in [4.69, 9.17) is 15.0 Å². The molecular weight excluding hydrogens is 452 g/mol. The van der Waals surface area contributed by atoms with Crippen molar-refractivity contribution in [1.29, 1.82) is 0 Å². The number of fused-ring (bicyclic) bond motifs is 1. The van der Waals surface area contributed by atoms with Crippen LogP contribution in [0.5, 0.6) is 0 Å². The maximum absolute atomic E-state index is 4.98. The lowest BCUT2D eigenvalue weighted by Crippen LogP contribution is -2.31. The summed E-state index contributed by atoms with van der Waals surface area (Å²) in [7, 11) is 2.14. The Morgan fingerprint density at radius 3 is 1.81 bits per heavy atom. The highest BCUT2D eigenvalue weighted by Crippen LogP contribution is 2.34. The van der Waals surface area contributed by atoms with Crippen LogP contribution in [-0.4, -0.2) is 15.0 Å². The second-order valence-electron chi connectivity index (χ2n) is 13.6. The highest BCUT2D eigenvalue weighted by atomic mass is 15.1. The zero-order chi connectivity index (χ0) is 27.5. The Kier molecular flexibility index (Phi) is 6.55. The van der Waals surface area contributed by atoms with Gasteiger partial charge in [-0.1, -0.05) is 86.6 Å². The summed E-state index contributed by atoms with van der Waals surface area (Å²) in [5.41, 5.74) is 7.27. The van der Waals surface area contributed by atoms with E-state index in [1.54, 1.807) is 0 Å². The Labute approximate surface area is 223 Å². The van der Waals surface area contributed by atoms with Crippen molar-refractivity contribution in [2.45, 2.75) is 92.4 Å². The number of pyridine rings is 1. The molecule has 0 N–H and O–H groups in total. The van der Waals surface area contributed by atoms with Crippen LogP contribution in [0.2, 0.25) is 0 Å². The highest BCUT2D eigenvalue weighted by Gasteiger charge is 2.27. The molecule has 4 heteroatoms. The molecule has 0 fully saturated rings. The van der Waals surface area contributed by atoms with Gasteiger partial charge in [-0.15, -0.1) is 0 Å². The number of nitrogens with zero attached hydrogens (tertiary/aromatic N) is 4. The van der Waals surface area contributed by atoms with Gasteiger partial charge in [-0.25, -0.2) is 19.5 Å². The molecule has 0 saturated carbocycles. The quantitative estimate of drug-likeness (QED) is 0.268. The molecule has 0 aliphatic carbocycles. The predicted octanol–water partition coefficient (Wildman–Crippen LogP) is 7.69. The number of hydrogen-bond donors (Lipinski definition) is 0. The first kappa shape index (κ1) is 26.9. The molecule has 0 saturated heterocycles. The monoisotopic (exact) mass is 495 g/mol. The molecule has 4 rings (SSSR count). The highest BCUT2D eigenvalue weighted by molar-refractivity contribution is 5.95. The van der Waals surface area contributed by atoms with E-state index in [2.05, 4.69) is 130 Å². The summed E-state index contributed by atoms with van der Waals surface area (Å²) in [6, 6.07) is 13.4. The van der Waals surface area contributed by atoms with Gasteiger partial charge in [0.15, 0.2) is 12.0 Å². The van der Waals surface area contributed by atoms with E-state index < -0.39 is 0 Å². The molecular formula is C33H43N4+. The standard InChI is InChI=1S/C33H43N4/c1-20-16-23(31(3,4)5)18-25(21(20)2)27-17-22-14-13-15-24(26(22)19-37(27)12)28-34-29(32(6,7)8)36-30(35-28)33(9,10)11/h13-19H,1-12H3/q+1. The molecule has 37 heavy (non-hydrogen) atoms. The Balaban J connectivity index is 1.97. The second-order valence-corrected chi connectivity index (χ2v) is 13.6. The van der Waals surface area contributed by atoms with Crippen molar-refractivity contribution in [2.75, 3.05) is 0 Å². The van der Waals surface area contributed by atoms with Gasteiger partial charge in [-0.05, 0) is 47.4 Å². The van der Waals surface area contributed by atoms with E-state index in [0.29, 0.717) is 0 Å². The van der Waals surface area contributed by atoms with Crippen molar-refractivity contribution in [2.24, 2.45) is 7.05 Å². The van der Waals surface area contributed by atoms with Crippen LogP contribution in [-0.2, 0) is 23.3 Å². The molecule has 194 valence electrons. The molecule has 0 atom stereocenters. The number of aromatic nitrogens is 4. The maximum Gasteiger partial charge on any atom is 0.213 e. The Morgan fingerprint density at radius 2 is 1.27 bits per heavy atom. The zero-order valence-corrected chi connectivity index (χ0v) is 24.8. The third-order valence-electron chi connectivity index (χ3n) is 7.16. The lowest BCUT2D eigenvalue weighted by atomic mass is 9.83. The molecule has 0 bridgehead atoms. The maximum atomic E-state index is 4.98. The molecule has 2 aromatic heterocycles. The van der Waals surface area contributed by atoms with Gasteiger partial charge in [0.25, 0.3) is 0 Å². The molecule has 0 aliphatic heterocycles. The van der Waals surface area contributed by atoms with Crippen LogP contribution in [0.1, 0.15) is 90.7 Å². The van der Waals surface area contributed by atoms with Gasteiger partial charge in [0, 0.05) is 28.0 Å². The number of benzene rings is 2. The molecule has 2 aromatic carbocycles. The fourth-order valence-corrected chi connectivity index (χ4v) is 4.55. The van der Waals surface area contributed by atoms with Gasteiger partial charge < -0.3 is 0 Å². The van der Waals surface area contributed by atoms with Crippen molar-refractivity contribution < 1.29 is 4.57 Å². The third kappa shape index (κ3) is 5.30. The zero-order valence-electron chi connectivity index (χ0n) is 24.8. The van der Waals surface area contributed by atoms with Crippen molar-refractivity contribution in [3.8, 4) is 22.6 Å². The van der Waals surface area contributed by atoms with Crippen LogP contribution in [0.4, 0.5) is 0 Å². The van der Waals surface area contributed by atoms with Gasteiger partial charge in [-0.2, -0.15) is 0 Å². The minimum Gasteiger partial charge on any atom is -0.217 e. The van der Waals surface area contributed by atoms with Gasteiger partial charge in [0.1, 0.15) is 18.7 Å². The molecule has 0 amide bonds. The van der Waals surface area contributed by atoms with Crippen molar-refractivity contribution >= 4 is 10.8 Å². The minimum absolute atomic E-state index is 0.0873. The summed E-state index contributed by atoms with van der Waals surface area (Å²) < 4.78 is 2.25. The van der Waals surface area contributed by atoms with Crippen LogP contribution < -0.4 is 4.57 Å². The first-order valence-corrected chi connectivity index (χ1v) is 13.3. The minimum atomic E-state index is -0.173. The smallest absolute Gasteiger partial charge is 0.213 e. The summed E-state index contributed by atoms with van der Waals surface area (Å²) in [4.78, 5) is 14.8. The fourth-order valence-electron chi connectivity index (χ4n) is 4.55. The first-order chi connectivity index (χ1) is 17.0. The van der Waals surface area contributed by atoms with E-state index in [1.807, 2.05) is 0 Å². The Morgan fingerprint density at radius 1 is 0.676 bits per heavy atom. The average Bonchev–Trinajstić information content (AvgIpc) is 2.78. The van der Waals surface area contributed by atoms with Gasteiger partial charge >= 0.3 is 0 Å². The molecule has 0 radical (unpaired) electrons. The molecule has 4 nitrogen and oxygen atoms in total. The van der Waals surface area contributed by atoms with E-state index in [0.717, 1.165) is 28.4 Å². The summed E-state index contributed by atoms with van der Waals surface area (Å²) in [5, 5.41) is 2.32. The summed E-state index contributed by atoms with van der Waals surface area (Å²) in [6.07, 6.45) is 2.23. The van der Waals surface area contributed by atoms with Crippen LogP contribution in [0, 0.1) is 13.8 Å². The van der Waals surface area contributed by atoms with E-state index >= 15 is 0 Å². The number of aryl methyl sites for hydroxylation is 2. The largest absolute Gasteiger partial charge is 0.217 e. The van der Waals surface area contributed by atoms with Gasteiger partial charge in [0.05, 0.1) is 5.39 Å². The van der Waals surface area contributed by atoms with Crippen LogP contribution in [0.3, 0.4) is 0 Å². The van der Waals surface area contributed by atoms with Crippen LogP contribution in [0.15, 0.2) is 42.6 Å². The molecule has 0 unspecified atom stereocenters. The first-order valence-electron chi connectivity index (χ1n) is 13.3. The average molecular weight is 496 g/mol. The predicted molar refractivity (Wildman–Crippen MR) is 155 cm³/mol. The van der Waals surface area contributed by atoms with Crippen LogP contribution >= 0.6 is 0 Å². The molecule has 0 aliphatic rings. The molecule has 2 heterocycles. The Hall–Kier alpha value is -3.14. The SMILES string of the molecule is Cc1cc(C(C)(C)C)cc(-c2cc3cccc(-c4nc(C(C)(C)C)nc(C(C)(C)C)n4)c3c[n+]2C)c1C. The summed E-state index contributed by atoms with van der Waals surface area (Å²) >= 11 is 0. The normalized spacial score (nSPS) is 12.9. The van der Waals surface area contributed by atoms with Gasteiger partial charge in [0.2, 0.25) is 5.69 Å². The lowest BCUT2D eigenvalue weighted by molar-refractivity contribution is -0.659. The van der Waals surface area contributed by atoms with E-state index in [-0.39, 0.29) is 16.2 Å². The van der Waals surface area contributed by atoms with E-state index in [1.165, 1.54) is 33.3 Å². The van der Waals surface area contributed by atoms with Crippen molar-refractivity contribution in [3.05, 3.63) is 70.9 Å². The topological polar surface area (TPSA) is 42.6 Å². The number of rotatable bonds is 2. The van der Waals surface area contributed by atoms with Crippen molar-refractivity contribution in [3.63, 3.8) is 0 Å².